The van der Waals surface area contributed by atoms with Crippen LogP contribution in [0.3, 0.4) is 0 Å². The van der Waals surface area contributed by atoms with E-state index in [2.05, 4.69) is 15.3 Å². The van der Waals surface area contributed by atoms with E-state index in [1.165, 1.54) is 12.1 Å². The molecule has 1 heterocycles. The van der Waals surface area contributed by atoms with Crippen LogP contribution in [0.4, 0.5) is 10.1 Å². The molecule has 0 saturated carbocycles. The molecule has 6 nitrogen and oxygen atoms in total. The summed E-state index contributed by atoms with van der Waals surface area (Å²) in [5, 5.41) is 4.63. The van der Waals surface area contributed by atoms with Crippen molar-refractivity contribution in [2.24, 2.45) is 0 Å². The fourth-order valence-corrected chi connectivity index (χ4v) is 3.48. The number of carbonyl (C=O) groups excluding carboxylic acids is 1. The van der Waals surface area contributed by atoms with E-state index in [9.17, 15) is 9.18 Å². The number of aromatic nitrogens is 2. The van der Waals surface area contributed by atoms with Crippen molar-refractivity contribution in [3.8, 4) is 17.5 Å². The lowest BCUT2D eigenvalue weighted by atomic mass is 10.0. The number of benzene rings is 3. The van der Waals surface area contributed by atoms with Gasteiger partial charge in [-0.25, -0.2) is 4.39 Å². The number of amides is 1. The molecule has 162 valence electrons. The molecule has 0 fully saturated rings. The Morgan fingerprint density at radius 3 is 2.34 bits per heavy atom. The second-order valence-corrected chi connectivity index (χ2v) is 7.13. The molecule has 0 aliphatic rings. The first kappa shape index (κ1) is 21.2. The fourth-order valence-electron chi connectivity index (χ4n) is 3.48. The number of aryl methyl sites for hydroxylation is 2. The summed E-state index contributed by atoms with van der Waals surface area (Å²) in [6.07, 6.45) is 0. The van der Waals surface area contributed by atoms with Crippen molar-refractivity contribution in [1.82, 2.24) is 9.97 Å². The van der Waals surface area contributed by atoms with E-state index in [4.69, 9.17) is 9.47 Å². The predicted octanol–water partition coefficient (Wildman–Crippen LogP) is 5.83. The van der Waals surface area contributed by atoms with Crippen molar-refractivity contribution >= 4 is 22.4 Å². The maximum atomic E-state index is 13.9. The third kappa shape index (κ3) is 4.23. The third-order valence-corrected chi connectivity index (χ3v) is 4.94. The molecule has 0 radical (unpaired) electrons. The van der Waals surface area contributed by atoms with Crippen LogP contribution in [-0.4, -0.2) is 22.5 Å². The zero-order chi connectivity index (χ0) is 22.7. The molecule has 7 heteroatoms. The van der Waals surface area contributed by atoms with Crippen LogP contribution in [0.15, 0.2) is 60.7 Å². The van der Waals surface area contributed by atoms with Crippen molar-refractivity contribution in [2.45, 2.75) is 20.8 Å². The molecule has 0 atom stereocenters. The minimum absolute atomic E-state index is 0.00302. The molecule has 1 aromatic heterocycles. The first-order valence-corrected chi connectivity index (χ1v) is 10.2. The summed E-state index contributed by atoms with van der Waals surface area (Å²) in [6, 6.07) is 17.4. The van der Waals surface area contributed by atoms with Crippen molar-refractivity contribution in [1.29, 1.82) is 0 Å². The first-order chi connectivity index (χ1) is 15.5. The van der Waals surface area contributed by atoms with Crippen LogP contribution < -0.4 is 14.8 Å². The van der Waals surface area contributed by atoms with Gasteiger partial charge >= 0.3 is 6.01 Å². The number of ether oxygens (including phenoxy) is 2. The number of anilines is 1. The number of hydrogen-bond donors (Lipinski definition) is 1. The summed E-state index contributed by atoms with van der Waals surface area (Å²) in [5.74, 6) is -0.314. The van der Waals surface area contributed by atoms with Crippen molar-refractivity contribution in [3.05, 3.63) is 83.4 Å². The number of hydrogen-bond acceptors (Lipinski definition) is 5. The Labute approximate surface area is 185 Å². The molecule has 0 aliphatic heterocycles. The van der Waals surface area contributed by atoms with E-state index in [-0.39, 0.29) is 17.7 Å². The molecule has 0 unspecified atom stereocenters. The average molecular weight is 431 g/mol. The van der Waals surface area contributed by atoms with Gasteiger partial charge in [-0.1, -0.05) is 42.5 Å². The first-order valence-electron chi connectivity index (χ1n) is 10.2. The Kier molecular flexibility index (Phi) is 5.98. The van der Waals surface area contributed by atoms with Gasteiger partial charge in [-0.15, -0.1) is 0 Å². The fraction of sp³-hybridized carbons (Fsp3) is 0.160. The van der Waals surface area contributed by atoms with Crippen LogP contribution in [0.2, 0.25) is 0 Å². The summed E-state index contributed by atoms with van der Waals surface area (Å²) in [4.78, 5) is 21.9. The number of rotatable bonds is 6. The summed E-state index contributed by atoms with van der Waals surface area (Å²) in [5.41, 5.74) is 1.90. The van der Waals surface area contributed by atoms with Crippen LogP contribution >= 0.6 is 0 Å². The van der Waals surface area contributed by atoms with Crippen LogP contribution in [0.1, 0.15) is 28.7 Å². The lowest BCUT2D eigenvalue weighted by Crippen LogP contribution is -2.17. The normalized spacial score (nSPS) is 10.8. The predicted molar refractivity (Wildman–Crippen MR) is 121 cm³/mol. The largest absolute Gasteiger partial charge is 0.493 e. The lowest BCUT2D eigenvalue weighted by molar-refractivity contribution is 0.102. The van der Waals surface area contributed by atoms with Gasteiger partial charge in [0.15, 0.2) is 11.6 Å². The maximum absolute atomic E-state index is 13.9. The molecule has 0 saturated heterocycles. The minimum atomic E-state index is -0.511. The third-order valence-electron chi connectivity index (χ3n) is 4.94. The summed E-state index contributed by atoms with van der Waals surface area (Å²) >= 11 is 0. The molecule has 1 N–H and O–H groups in total. The Hall–Kier alpha value is -4.00. The minimum Gasteiger partial charge on any atom is -0.493 e. The van der Waals surface area contributed by atoms with E-state index < -0.39 is 5.82 Å². The zero-order valence-electron chi connectivity index (χ0n) is 18.0. The number of carbonyl (C=O) groups is 1. The van der Waals surface area contributed by atoms with Gasteiger partial charge in [0.1, 0.15) is 5.75 Å². The van der Waals surface area contributed by atoms with Gasteiger partial charge in [0.25, 0.3) is 5.91 Å². The Morgan fingerprint density at radius 2 is 1.62 bits per heavy atom. The van der Waals surface area contributed by atoms with E-state index >= 15 is 0 Å². The van der Waals surface area contributed by atoms with Crippen molar-refractivity contribution in [2.75, 3.05) is 11.9 Å². The highest BCUT2D eigenvalue weighted by Gasteiger charge is 2.20. The molecule has 3 aromatic carbocycles. The maximum Gasteiger partial charge on any atom is 0.322 e. The van der Waals surface area contributed by atoms with Gasteiger partial charge in [-0.05, 0) is 49.7 Å². The number of nitrogens with one attached hydrogen (secondary N) is 1. The molecule has 0 aliphatic carbocycles. The molecular formula is C25H22FN3O3. The second-order valence-electron chi connectivity index (χ2n) is 7.13. The van der Waals surface area contributed by atoms with Gasteiger partial charge in [-0.3, -0.25) is 4.79 Å². The molecule has 0 bridgehead atoms. The Balaban J connectivity index is 1.67. The van der Waals surface area contributed by atoms with Crippen molar-refractivity contribution < 1.29 is 18.7 Å². The number of fused-ring (bicyclic) bond motifs is 1. The topological polar surface area (TPSA) is 73.3 Å². The lowest BCUT2D eigenvalue weighted by Gasteiger charge is -2.16. The summed E-state index contributed by atoms with van der Waals surface area (Å²) in [6.45, 7) is 5.76. The smallest absolute Gasteiger partial charge is 0.322 e. The van der Waals surface area contributed by atoms with E-state index in [1.54, 1.807) is 32.0 Å². The molecule has 32 heavy (non-hydrogen) atoms. The monoisotopic (exact) mass is 431 g/mol. The van der Waals surface area contributed by atoms with Crippen molar-refractivity contribution in [3.63, 3.8) is 0 Å². The molecule has 1 amide bonds. The molecule has 4 rings (SSSR count). The summed E-state index contributed by atoms with van der Waals surface area (Å²) < 4.78 is 25.1. The SMILES string of the molecule is CCOc1ccc2ccccc2c1C(=O)Nc1c(C)nc(Oc2ccccc2F)nc1C. The Morgan fingerprint density at radius 1 is 0.938 bits per heavy atom. The molecule has 0 spiro atoms. The van der Waals surface area contributed by atoms with Crippen LogP contribution in [-0.2, 0) is 0 Å². The quantitative estimate of drug-likeness (QED) is 0.416. The van der Waals surface area contributed by atoms with Gasteiger partial charge in [0.2, 0.25) is 0 Å². The molecular weight excluding hydrogens is 409 g/mol. The highest BCUT2D eigenvalue weighted by Crippen LogP contribution is 2.30. The van der Waals surface area contributed by atoms with Crippen LogP contribution in [0.25, 0.3) is 10.8 Å². The van der Waals surface area contributed by atoms with Gasteiger partial charge in [0, 0.05) is 0 Å². The van der Waals surface area contributed by atoms with Gasteiger partial charge < -0.3 is 14.8 Å². The summed E-state index contributed by atoms with van der Waals surface area (Å²) in [7, 11) is 0. The average Bonchev–Trinajstić information content (AvgIpc) is 2.78. The second kappa shape index (κ2) is 9.01. The number of nitrogens with zero attached hydrogens (tertiary/aromatic N) is 2. The highest BCUT2D eigenvalue weighted by molar-refractivity contribution is 6.15. The Bertz CT molecular complexity index is 1280. The molecule has 4 aromatic rings. The number of para-hydroxylation sites is 1. The van der Waals surface area contributed by atoms with E-state index in [0.29, 0.717) is 35.0 Å². The highest BCUT2D eigenvalue weighted by atomic mass is 19.1. The van der Waals surface area contributed by atoms with E-state index in [1.807, 2.05) is 37.3 Å². The van der Waals surface area contributed by atoms with E-state index in [0.717, 1.165) is 10.8 Å². The van der Waals surface area contributed by atoms with Gasteiger partial charge in [0.05, 0.1) is 29.2 Å². The van der Waals surface area contributed by atoms with Crippen LogP contribution in [0.5, 0.6) is 17.5 Å². The zero-order valence-corrected chi connectivity index (χ0v) is 18.0. The van der Waals surface area contributed by atoms with Crippen LogP contribution in [0, 0.1) is 19.7 Å². The van der Waals surface area contributed by atoms with Gasteiger partial charge in [-0.2, -0.15) is 9.97 Å². The standard InChI is InChI=1S/C25H22FN3O3/c1-4-31-21-14-13-17-9-5-6-10-18(17)22(21)24(30)29-23-15(2)27-25(28-16(23)3)32-20-12-8-7-11-19(20)26/h5-14H,4H2,1-3H3,(H,29,30). The number of halogens is 1.